The lowest BCUT2D eigenvalue weighted by atomic mass is 9.85. The molecule has 0 bridgehead atoms. The summed E-state index contributed by atoms with van der Waals surface area (Å²) < 4.78 is 23.6. The van der Waals surface area contributed by atoms with Gasteiger partial charge >= 0.3 is 12.1 Å². The van der Waals surface area contributed by atoms with Crippen molar-refractivity contribution in [1.82, 2.24) is 25.5 Å². The number of carboxylic acids is 1. The standard InChI is InChI=1S/C41H49ClN6O10/c1-7-23-17-41(23,37(52)53)47-35(50)29-15-25(18-48(29)36(51)34(40(4,5)6)46-39(54)58-24-13-21-12-22(21)14-24)57-31-16-27(28-19-56-38(45-28)43-20(2)3)44-33-26(31)8-9-30(32(33)42)55-11-10-49/h7-10,16,19-25,29,34H,1,11-15,17-18H2,2-6H3,(H,43,45)(H,46,54)(H,47,50)(H,52,53)/t21-,22+,23-,24?,25-,29+,34-,41?/m1/s1. The number of nitrogens with zero attached hydrogens (tertiary/aromatic N) is 3. The van der Waals surface area contributed by atoms with E-state index in [0.29, 0.717) is 34.9 Å². The monoisotopic (exact) mass is 820 g/mol. The molecule has 1 aromatic carbocycles. The van der Waals surface area contributed by atoms with Crippen molar-refractivity contribution < 1.29 is 47.7 Å². The highest BCUT2D eigenvalue weighted by atomic mass is 35.5. The smallest absolute Gasteiger partial charge is 0.408 e. The first-order chi connectivity index (χ1) is 27.5. The Kier molecular flexibility index (Phi) is 11.1. The lowest BCUT2D eigenvalue weighted by molar-refractivity contribution is -0.146. The van der Waals surface area contributed by atoms with Gasteiger partial charge in [0.1, 0.15) is 64.9 Å². The van der Waals surface area contributed by atoms with E-state index in [0.717, 1.165) is 19.3 Å². The molecule has 0 spiro atoms. The fourth-order valence-corrected chi connectivity index (χ4v) is 8.39. The van der Waals surface area contributed by atoms with Gasteiger partial charge in [0.2, 0.25) is 11.8 Å². The molecule has 3 aromatic rings. The van der Waals surface area contributed by atoms with Gasteiger partial charge in [-0.25, -0.2) is 14.6 Å². The highest BCUT2D eigenvalue weighted by Gasteiger charge is 2.61. The zero-order valence-corrected chi connectivity index (χ0v) is 33.8. The molecule has 310 valence electrons. The first kappa shape index (κ1) is 40.8. The van der Waals surface area contributed by atoms with Gasteiger partial charge in [0.25, 0.3) is 6.01 Å². The number of hydrogen-bond acceptors (Lipinski definition) is 12. The molecule has 16 nitrogen and oxygen atoms in total. The van der Waals surface area contributed by atoms with Crippen LogP contribution in [0.3, 0.4) is 0 Å². The van der Waals surface area contributed by atoms with Crippen LogP contribution in [0.1, 0.15) is 66.7 Å². The van der Waals surface area contributed by atoms with Crippen molar-refractivity contribution in [1.29, 1.82) is 0 Å². The number of carboxylic acid groups (broad SMARTS) is 1. The molecule has 8 atom stereocenters. The number of likely N-dealkylation sites (tertiary alicyclic amines) is 1. The zero-order valence-electron chi connectivity index (χ0n) is 33.1. The number of carbonyl (C=O) groups excluding carboxylic acids is 4. The number of rotatable bonds is 15. The predicted octanol–water partition coefficient (Wildman–Crippen LogP) is 5.37. The molecular formula is C41H49ClN6O10. The number of halogens is 1. The zero-order chi connectivity index (χ0) is 41.7. The van der Waals surface area contributed by atoms with Gasteiger partial charge in [-0.1, -0.05) is 38.4 Å². The van der Waals surface area contributed by atoms with Crippen LogP contribution in [-0.4, -0.2) is 99.2 Å². The molecule has 1 saturated heterocycles. The average molecular weight is 821 g/mol. The van der Waals surface area contributed by atoms with Crippen molar-refractivity contribution in [2.75, 3.05) is 18.5 Å². The van der Waals surface area contributed by atoms with Crippen molar-refractivity contribution >= 4 is 58.7 Å². The first-order valence-electron chi connectivity index (χ1n) is 19.6. The average Bonchev–Trinajstić information content (AvgIpc) is 3.83. The number of hydrogen-bond donors (Lipinski definition) is 4. The fraction of sp³-hybridized carbons (Fsp3) is 0.537. The molecule has 3 heterocycles. The second kappa shape index (κ2) is 15.8. The molecular weight excluding hydrogens is 772 g/mol. The maximum Gasteiger partial charge on any atom is 0.408 e. The second-order valence-corrected chi connectivity index (χ2v) is 17.5. The van der Waals surface area contributed by atoms with Crippen molar-refractivity contribution in [2.24, 2.45) is 23.2 Å². The molecule has 4 N–H and O–H groups in total. The van der Waals surface area contributed by atoms with Gasteiger partial charge in [0.15, 0.2) is 6.29 Å². The third-order valence-corrected chi connectivity index (χ3v) is 11.7. The quantitative estimate of drug-likeness (QED) is 0.112. The maximum absolute atomic E-state index is 14.7. The molecule has 1 aliphatic heterocycles. The van der Waals surface area contributed by atoms with E-state index < -0.39 is 58.9 Å². The molecule has 4 fully saturated rings. The van der Waals surface area contributed by atoms with E-state index in [1.165, 1.54) is 17.2 Å². The molecule has 3 amide bonds. The molecule has 17 heteroatoms. The topological polar surface area (TPSA) is 212 Å². The highest BCUT2D eigenvalue weighted by Crippen LogP contribution is 2.52. The Morgan fingerprint density at radius 3 is 2.47 bits per heavy atom. The van der Waals surface area contributed by atoms with Crippen LogP contribution in [0.2, 0.25) is 5.02 Å². The molecule has 3 aliphatic carbocycles. The number of aliphatic carboxylic acids is 1. The number of aldehydes is 1. The summed E-state index contributed by atoms with van der Waals surface area (Å²) in [7, 11) is 0. The van der Waals surface area contributed by atoms with Crippen molar-refractivity contribution in [3.8, 4) is 22.9 Å². The number of amides is 3. The van der Waals surface area contributed by atoms with Crippen molar-refractivity contribution in [2.45, 2.75) is 103 Å². The van der Waals surface area contributed by atoms with Gasteiger partial charge in [-0.3, -0.25) is 14.4 Å². The molecule has 7 rings (SSSR count). The normalized spacial score (nSPS) is 26.4. The minimum absolute atomic E-state index is 0.0297. The maximum atomic E-state index is 14.7. The SMILES string of the molecule is C=C[C@@H]1CC1(NC(=O)[C@@H]1C[C@@H](Oc2cc(-c3coc(NC(C)C)n3)nc3c(Cl)c(OCC=O)ccc23)CN1C(=O)[C@@H](NC(=O)OC1C[C@@H]2C[C@@H]2C1)C(C)(C)C)C(=O)O. The molecule has 58 heavy (non-hydrogen) atoms. The van der Waals surface area contributed by atoms with Crippen LogP contribution < -0.4 is 25.4 Å². The Hall–Kier alpha value is -5.38. The number of anilines is 1. The number of benzene rings is 1. The predicted molar refractivity (Wildman–Crippen MR) is 211 cm³/mol. The Labute approximate surface area is 340 Å². The van der Waals surface area contributed by atoms with Crippen LogP contribution in [0.15, 0.2) is 41.5 Å². The number of aromatic nitrogens is 2. The van der Waals surface area contributed by atoms with E-state index >= 15 is 0 Å². The lowest BCUT2D eigenvalue weighted by Crippen LogP contribution is -2.59. The highest BCUT2D eigenvalue weighted by molar-refractivity contribution is 6.36. The van der Waals surface area contributed by atoms with Gasteiger partial charge in [-0.2, -0.15) is 4.98 Å². The number of fused-ring (bicyclic) bond motifs is 2. The van der Waals surface area contributed by atoms with Crippen LogP contribution in [0, 0.1) is 23.2 Å². The summed E-state index contributed by atoms with van der Waals surface area (Å²) in [4.78, 5) is 76.2. The lowest BCUT2D eigenvalue weighted by Gasteiger charge is -2.35. The molecule has 2 unspecified atom stereocenters. The van der Waals surface area contributed by atoms with Gasteiger partial charge in [0, 0.05) is 29.8 Å². The van der Waals surface area contributed by atoms with Crippen LogP contribution >= 0.6 is 11.6 Å². The summed E-state index contributed by atoms with van der Waals surface area (Å²) in [5, 5.41) is 19.3. The summed E-state index contributed by atoms with van der Waals surface area (Å²) in [6.07, 6.45) is 4.63. The second-order valence-electron chi connectivity index (χ2n) is 17.1. The fourth-order valence-electron chi connectivity index (χ4n) is 8.12. The van der Waals surface area contributed by atoms with E-state index in [-0.39, 0.29) is 66.2 Å². The number of alkyl carbamates (subject to hydrolysis) is 1. The number of carbonyl (C=O) groups is 5. The Balaban J connectivity index is 1.21. The number of pyridine rings is 1. The van der Waals surface area contributed by atoms with Gasteiger partial charge in [0.05, 0.1) is 17.8 Å². The molecule has 3 saturated carbocycles. The Bertz CT molecular complexity index is 2120. The third-order valence-electron chi connectivity index (χ3n) is 11.4. The number of oxazole rings is 1. The van der Waals surface area contributed by atoms with Crippen molar-refractivity contribution in [3.63, 3.8) is 0 Å². The van der Waals surface area contributed by atoms with E-state index in [1.54, 1.807) is 39.0 Å². The minimum Gasteiger partial charge on any atom is -0.488 e. The molecule has 4 aliphatic rings. The van der Waals surface area contributed by atoms with Gasteiger partial charge in [-0.05, 0) is 68.9 Å². The van der Waals surface area contributed by atoms with Gasteiger partial charge in [-0.15, -0.1) is 6.58 Å². The van der Waals surface area contributed by atoms with Crippen LogP contribution in [0.5, 0.6) is 11.5 Å². The van der Waals surface area contributed by atoms with Crippen LogP contribution in [-0.2, 0) is 23.9 Å². The summed E-state index contributed by atoms with van der Waals surface area (Å²) in [5.74, 6) is -1.29. The van der Waals surface area contributed by atoms with Crippen LogP contribution in [0.25, 0.3) is 22.3 Å². The van der Waals surface area contributed by atoms with E-state index in [2.05, 4.69) is 27.5 Å². The first-order valence-corrected chi connectivity index (χ1v) is 19.9. The van der Waals surface area contributed by atoms with E-state index in [9.17, 15) is 29.1 Å². The third kappa shape index (κ3) is 8.29. The van der Waals surface area contributed by atoms with E-state index in [4.69, 9.17) is 35.2 Å². The summed E-state index contributed by atoms with van der Waals surface area (Å²) in [5.41, 5.74) is -1.44. The summed E-state index contributed by atoms with van der Waals surface area (Å²) in [6.45, 7) is 12.6. The van der Waals surface area contributed by atoms with Crippen molar-refractivity contribution in [3.05, 3.63) is 42.1 Å². The molecule has 0 radical (unpaired) electrons. The number of nitrogens with one attached hydrogen (secondary N) is 3. The van der Waals surface area contributed by atoms with Gasteiger partial charge < -0.3 is 44.6 Å². The minimum atomic E-state index is -1.56. The molecule has 2 aromatic heterocycles. The Morgan fingerprint density at radius 1 is 1.09 bits per heavy atom. The Morgan fingerprint density at radius 2 is 1.83 bits per heavy atom. The summed E-state index contributed by atoms with van der Waals surface area (Å²) >= 11 is 6.81. The largest absolute Gasteiger partial charge is 0.488 e. The van der Waals surface area contributed by atoms with E-state index in [1.807, 2.05) is 13.8 Å². The van der Waals surface area contributed by atoms with Crippen LogP contribution in [0.4, 0.5) is 10.8 Å². The summed E-state index contributed by atoms with van der Waals surface area (Å²) in [6, 6.07) is 2.89. The number of ether oxygens (including phenoxy) is 3.